The maximum atomic E-state index is 5.92. The number of rotatable bonds is 5. The number of hydrogen-bond acceptors (Lipinski definition) is 3. The number of halogens is 1. The summed E-state index contributed by atoms with van der Waals surface area (Å²) in [5, 5.41) is 3.41. The first-order valence-corrected chi connectivity index (χ1v) is 8.80. The molecule has 0 amide bonds. The Balaban J connectivity index is 2.41. The molecule has 2 rings (SSSR count). The number of hydrogen-bond donors (Lipinski definition) is 2. The Morgan fingerprint density at radius 2 is 2.10 bits per heavy atom. The van der Waals surface area contributed by atoms with Gasteiger partial charge >= 0.3 is 0 Å². The van der Waals surface area contributed by atoms with Crippen LogP contribution in [0.15, 0.2) is 45.8 Å². The van der Waals surface area contributed by atoms with Gasteiger partial charge in [-0.05, 0) is 42.5 Å². The van der Waals surface area contributed by atoms with Gasteiger partial charge in [0.05, 0.1) is 0 Å². The quantitative estimate of drug-likeness (QED) is 0.548. The fourth-order valence-corrected chi connectivity index (χ4v) is 3.50. The molecule has 0 bridgehead atoms. The van der Waals surface area contributed by atoms with E-state index >= 15 is 0 Å². The van der Waals surface area contributed by atoms with Crippen molar-refractivity contribution in [2.24, 2.45) is 5.73 Å². The van der Waals surface area contributed by atoms with Gasteiger partial charge in [-0.2, -0.15) is 0 Å². The minimum atomic E-state index is 0.417. The zero-order valence-electron chi connectivity index (χ0n) is 11.9. The fraction of sp³-hybridized carbons (Fsp3) is 0.188. The molecule has 21 heavy (non-hydrogen) atoms. The predicted molar refractivity (Wildman–Crippen MR) is 101 cm³/mol. The van der Waals surface area contributed by atoms with Crippen molar-refractivity contribution in [1.82, 2.24) is 0 Å². The number of anilines is 2. The first kappa shape index (κ1) is 16.3. The van der Waals surface area contributed by atoms with E-state index in [1.807, 2.05) is 18.2 Å². The van der Waals surface area contributed by atoms with E-state index in [-0.39, 0.29) is 0 Å². The van der Waals surface area contributed by atoms with Crippen molar-refractivity contribution in [2.75, 3.05) is 11.1 Å². The second-order valence-corrected chi connectivity index (χ2v) is 7.16. The van der Waals surface area contributed by atoms with Gasteiger partial charge in [0.2, 0.25) is 0 Å². The lowest BCUT2D eigenvalue weighted by Gasteiger charge is -2.15. The van der Waals surface area contributed by atoms with Crippen LogP contribution in [0.1, 0.15) is 18.1 Å². The summed E-state index contributed by atoms with van der Waals surface area (Å²) in [7, 11) is 0. The highest BCUT2D eigenvalue weighted by Crippen LogP contribution is 2.31. The lowest BCUT2D eigenvalue weighted by Crippen LogP contribution is -2.13. The van der Waals surface area contributed by atoms with Crippen LogP contribution in [-0.4, -0.2) is 10.7 Å². The molecule has 0 radical (unpaired) electrons. The molecule has 0 saturated heterocycles. The van der Waals surface area contributed by atoms with Crippen LogP contribution >= 0.6 is 39.9 Å². The summed E-state index contributed by atoms with van der Waals surface area (Å²) < 4.78 is 1.07. The first-order chi connectivity index (χ1) is 10.0. The molecule has 2 aromatic carbocycles. The Morgan fingerprint density at radius 3 is 2.71 bits per heavy atom. The molecule has 0 aromatic heterocycles. The van der Waals surface area contributed by atoms with Gasteiger partial charge in [-0.15, -0.1) is 11.8 Å². The highest BCUT2D eigenvalue weighted by Gasteiger charge is 2.11. The van der Waals surface area contributed by atoms with Gasteiger partial charge in [0.25, 0.3) is 0 Å². The summed E-state index contributed by atoms with van der Waals surface area (Å²) in [6.07, 6.45) is 0. The van der Waals surface area contributed by atoms with Crippen LogP contribution in [0.2, 0.25) is 0 Å². The molecular formula is C16H17BrN2S2. The Bertz CT molecular complexity index is 671. The fourth-order valence-electron chi connectivity index (χ4n) is 1.99. The Labute approximate surface area is 143 Å². The maximum Gasteiger partial charge on any atom is 0.107 e. The average Bonchev–Trinajstić information content (AvgIpc) is 2.43. The molecule has 2 nitrogen and oxygen atoms in total. The lowest BCUT2D eigenvalue weighted by atomic mass is 10.1. The number of aryl methyl sites for hydroxylation is 1. The Kier molecular flexibility index (Phi) is 5.67. The van der Waals surface area contributed by atoms with Gasteiger partial charge in [0.1, 0.15) is 4.99 Å². The highest BCUT2D eigenvalue weighted by atomic mass is 79.9. The van der Waals surface area contributed by atoms with Crippen LogP contribution in [0.25, 0.3) is 0 Å². The van der Waals surface area contributed by atoms with Gasteiger partial charge in [0.15, 0.2) is 0 Å². The van der Waals surface area contributed by atoms with E-state index in [1.165, 1.54) is 5.56 Å². The molecule has 0 fully saturated rings. The van der Waals surface area contributed by atoms with Crippen molar-refractivity contribution in [3.05, 3.63) is 52.0 Å². The minimum Gasteiger partial charge on any atom is -0.389 e. The van der Waals surface area contributed by atoms with E-state index in [1.54, 1.807) is 11.8 Å². The molecule has 0 aliphatic carbocycles. The number of thiocarbonyl (C=S) groups is 1. The third kappa shape index (κ3) is 3.99. The SMILES string of the molecule is CCSc1cccc(Nc2ccc(C)c(Br)c2)c1C(N)=S. The summed E-state index contributed by atoms with van der Waals surface area (Å²) in [4.78, 5) is 1.53. The topological polar surface area (TPSA) is 38.0 Å². The van der Waals surface area contributed by atoms with Crippen molar-refractivity contribution in [2.45, 2.75) is 18.7 Å². The second-order valence-electron chi connectivity index (χ2n) is 4.56. The van der Waals surface area contributed by atoms with Gasteiger partial charge in [-0.3, -0.25) is 0 Å². The molecule has 0 heterocycles. The molecule has 0 spiro atoms. The zero-order valence-corrected chi connectivity index (χ0v) is 15.2. The molecule has 0 atom stereocenters. The van der Waals surface area contributed by atoms with Crippen LogP contribution in [0, 0.1) is 6.92 Å². The second kappa shape index (κ2) is 7.29. The molecule has 3 N–H and O–H groups in total. The van der Waals surface area contributed by atoms with Crippen LogP contribution in [-0.2, 0) is 0 Å². The molecular weight excluding hydrogens is 364 g/mol. The van der Waals surface area contributed by atoms with Crippen molar-refractivity contribution >= 4 is 56.3 Å². The van der Waals surface area contributed by atoms with Crippen molar-refractivity contribution < 1.29 is 0 Å². The predicted octanol–water partition coefficient (Wildman–Crippen LogP) is 5.25. The molecule has 0 aliphatic rings. The zero-order chi connectivity index (χ0) is 15.4. The van der Waals surface area contributed by atoms with Crippen LogP contribution in [0.5, 0.6) is 0 Å². The summed E-state index contributed by atoms with van der Waals surface area (Å²) in [6.45, 7) is 4.18. The van der Waals surface area contributed by atoms with Gasteiger partial charge in [-0.1, -0.05) is 47.2 Å². The summed E-state index contributed by atoms with van der Waals surface area (Å²) in [5.74, 6) is 0.981. The third-order valence-electron chi connectivity index (χ3n) is 3.02. The van der Waals surface area contributed by atoms with Gasteiger partial charge < -0.3 is 11.1 Å². The largest absolute Gasteiger partial charge is 0.389 e. The normalized spacial score (nSPS) is 10.4. The molecule has 0 unspecified atom stereocenters. The molecule has 2 aromatic rings. The third-order valence-corrected chi connectivity index (χ3v) is 5.02. The average molecular weight is 381 g/mol. The Morgan fingerprint density at radius 1 is 1.33 bits per heavy atom. The van der Waals surface area contributed by atoms with Crippen molar-refractivity contribution in [1.29, 1.82) is 0 Å². The van der Waals surface area contributed by atoms with Gasteiger partial charge in [0, 0.05) is 26.3 Å². The summed E-state index contributed by atoms with van der Waals surface area (Å²) >= 11 is 10.5. The lowest BCUT2D eigenvalue weighted by molar-refractivity contribution is 1.37. The smallest absolute Gasteiger partial charge is 0.107 e. The van der Waals surface area contributed by atoms with E-state index < -0.39 is 0 Å². The van der Waals surface area contributed by atoms with Crippen LogP contribution in [0.4, 0.5) is 11.4 Å². The monoisotopic (exact) mass is 380 g/mol. The van der Waals surface area contributed by atoms with E-state index in [4.69, 9.17) is 18.0 Å². The number of benzene rings is 2. The van der Waals surface area contributed by atoms with E-state index in [0.29, 0.717) is 4.99 Å². The van der Waals surface area contributed by atoms with Crippen LogP contribution in [0.3, 0.4) is 0 Å². The van der Waals surface area contributed by atoms with E-state index in [0.717, 1.165) is 32.1 Å². The summed E-state index contributed by atoms with van der Waals surface area (Å²) in [5.41, 5.74) is 9.98. The highest BCUT2D eigenvalue weighted by molar-refractivity contribution is 9.10. The maximum absolute atomic E-state index is 5.92. The first-order valence-electron chi connectivity index (χ1n) is 6.61. The van der Waals surface area contributed by atoms with Crippen molar-refractivity contribution in [3.8, 4) is 0 Å². The Hall–Kier alpha value is -1.04. The van der Waals surface area contributed by atoms with Crippen molar-refractivity contribution in [3.63, 3.8) is 0 Å². The standard InChI is InChI=1S/C16H17BrN2S2/c1-3-21-14-6-4-5-13(15(14)16(18)20)19-11-8-7-10(2)12(17)9-11/h4-9,19H,3H2,1-2H3,(H2,18,20). The number of thioether (sulfide) groups is 1. The van der Waals surface area contributed by atoms with Gasteiger partial charge in [-0.25, -0.2) is 0 Å². The van der Waals surface area contributed by atoms with Crippen LogP contribution < -0.4 is 11.1 Å². The summed E-state index contributed by atoms with van der Waals surface area (Å²) in [6, 6.07) is 12.2. The molecule has 5 heteroatoms. The minimum absolute atomic E-state index is 0.417. The van der Waals surface area contributed by atoms with E-state index in [9.17, 15) is 0 Å². The molecule has 110 valence electrons. The molecule has 0 aliphatic heterocycles. The number of nitrogens with two attached hydrogens (primary N) is 1. The van der Waals surface area contributed by atoms with E-state index in [2.05, 4.69) is 53.3 Å². The number of nitrogens with one attached hydrogen (secondary N) is 1. The molecule has 0 saturated carbocycles.